The Morgan fingerprint density at radius 1 is 0.525 bits per heavy atom. The molecule has 9 aromatic rings. The van der Waals surface area contributed by atoms with Crippen LogP contribution in [0.3, 0.4) is 0 Å². The lowest BCUT2D eigenvalue weighted by Crippen LogP contribution is -2.25. The van der Waals surface area contributed by atoms with Crippen LogP contribution in [-0.2, 0) is 5.41 Å². The average Bonchev–Trinajstić information content (AvgIpc) is 3.90. The molecule has 0 aliphatic carbocycles. The van der Waals surface area contributed by atoms with Gasteiger partial charge in [-0.05, 0) is 118 Å². The van der Waals surface area contributed by atoms with E-state index in [0.717, 1.165) is 56.1 Å². The topological polar surface area (TPSA) is 33.5 Å². The molecule has 1 aliphatic heterocycles. The van der Waals surface area contributed by atoms with Crippen LogP contribution in [0.5, 0.6) is 11.5 Å². The van der Waals surface area contributed by atoms with Crippen molar-refractivity contribution < 1.29 is 4.74 Å². The van der Waals surface area contributed by atoms with Crippen molar-refractivity contribution in [1.29, 1.82) is 0 Å². The van der Waals surface area contributed by atoms with Crippen molar-refractivity contribution in [2.75, 3.05) is 16.5 Å². The summed E-state index contributed by atoms with van der Waals surface area (Å²) >= 11 is 0. The first kappa shape index (κ1) is 37.9. The summed E-state index contributed by atoms with van der Waals surface area (Å²) in [5.74, 6) is 2.38. The minimum absolute atomic E-state index is 0.0348. The van der Waals surface area contributed by atoms with Gasteiger partial charge in [-0.1, -0.05) is 124 Å². The fraction of sp³-hybridized carbons (Fsp3) is 0.125. The van der Waals surface area contributed by atoms with E-state index in [1.165, 1.54) is 44.5 Å². The Balaban J connectivity index is 1.03. The van der Waals surface area contributed by atoms with E-state index in [-0.39, 0.29) is 5.41 Å². The Bertz CT molecular complexity index is 3080. The number of aryl methyl sites for hydroxylation is 2. The number of rotatable bonds is 8. The van der Waals surface area contributed by atoms with Crippen LogP contribution in [0.1, 0.15) is 37.5 Å². The lowest BCUT2D eigenvalue weighted by atomic mass is 9.85. The highest BCUT2D eigenvalue weighted by atomic mass is 16.5. The molecule has 298 valence electrons. The minimum Gasteiger partial charge on any atom is -0.457 e. The predicted molar refractivity (Wildman–Crippen MR) is 255 cm³/mol. The fourth-order valence-corrected chi connectivity index (χ4v) is 8.81. The molecule has 1 aliphatic rings. The van der Waals surface area contributed by atoms with Crippen molar-refractivity contribution >= 4 is 33.2 Å². The van der Waals surface area contributed by atoms with E-state index in [9.17, 15) is 0 Å². The molecule has 0 saturated heterocycles. The Kier molecular flexibility index (Phi) is 9.52. The van der Waals surface area contributed by atoms with E-state index >= 15 is 0 Å². The lowest BCUT2D eigenvalue weighted by molar-refractivity contribution is 0.483. The standard InChI is InChI=1S/C56H48N4O/c1-38-15-14-16-39(2)55(38)42-27-28-57-54(33-42)60-52-22-13-12-21-48(52)49-25-24-46(36-53(49)60)61-47-32-43(40-17-8-6-9-18-40)31-45(35-47)58-29-30-59(37-58)51-26-23-44(56(3,4)5)34-50(51)41-19-10-7-11-20-41/h6-36H,37H2,1-5H3. The van der Waals surface area contributed by atoms with Crippen molar-refractivity contribution in [3.63, 3.8) is 0 Å². The number of benzene rings is 7. The Hall–Kier alpha value is -7.37. The summed E-state index contributed by atoms with van der Waals surface area (Å²) in [6, 6.07) is 60.5. The molecule has 10 rings (SSSR count). The molecular formula is C56H48N4O. The summed E-state index contributed by atoms with van der Waals surface area (Å²) in [7, 11) is 0. The van der Waals surface area contributed by atoms with Crippen molar-refractivity contribution in [2.24, 2.45) is 0 Å². The number of anilines is 2. The van der Waals surface area contributed by atoms with Gasteiger partial charge in [-0.25, -0.2) is 4.98 Å². The molecule has 3 heterocycles. The molecule has 7 aromatic carbocycles. The minimum atomic E-state index is 0.0348. The van der Waals surface area contributed by atoms with Gasteiger partial charge in [0.2, 0.25) is 0 Å². The van der Waals surface area contributed by atoms with Crippen molar-refractivity contribution in [2.45, 2.75) is 40.0 Å². The van der Waals surface area contributed by atoms with E-state index in [1.807, 2.05) is 6.20 Å². The van der Waals surface area contributed by atoms with E-state index in [2.05, 4.69) is 231 Å². The first-order valence-corrected chi connectivity index (χ1v) is 21.0. The third-order valence-corrected chi connectivity index (χ3v) is 11.9. The van der Waals surface area contributed by atoms with Gasteiger partial charge in [0.15, 0.2) is 0 Å². The number of fused-ring (bicyclic) bond motifs is 3. The van der Waals surface area contributed by atoms with Gasteiger partial charge in [-0.15, -0.1) is 0 Å². The van der Waals surface area contributed by atoms with E-state index in [4.69, 9.17) is 9.72 Å². The first-order chi connectivity index (χ1) is 29.7. The van der Waals surface area contributed by atoms with Crippen LogP contribution in [0.25, 0.3) is 61.0 Å². The molecule has 0 bridgehead atoms. The van der Waals surface area contributed by atoms with Crippen LogP contribution >= 0.6 is 0 Å². The zero-order chi connectivity index (χ0) is 41.7. The average molecular weight is 793 g/mol. The Morgan fingerprint density at radius 3 is 2.00 bits per heavy atom. The summed E-state index contributed by atoms with van der Waals surface area (Å²) in [6.45, 7) is 11.8. The van der Waals surface area contributed by atoms with Crippen LogP contribution in [0.4, 0.5) is 11.4 Å². The number of hydrogen-bond donors (Lipinski definition) is 0. The smallest absolute Gasteiger partial charge is 0.138 e. The number of pyridine rings is 1. The normalized spacial score (nSPS) is 12.8. The largest absolute Gasteiger partial charge is 0.457 e. The molecule has 61 heavy (non-hydrogen) atoms. The molecule has 0 fully saturated rings. The van der Waals surface area contributed by atoms with Gasteiger partial charge in [-0.3, -0.25) is 4.57 Å². The van der Waals surface area contributed by atoms with Crippen LogP contribution in [-0.4, -0.2) is 16.2 Å². The Morgan fingerprint density at radius 2 is 1.23 bits per heavy atom. The predicted octanol–water partition coefficient (Wildman–Crippen LogP) is 14.6. The third-order valence-electron chi connectivity index (χ3n) is 11.9. The molecule has 0 radical (unpaired) electrons. The molecule has 0 unspecified atom stereocenters. The van der Waals surface area contributed by atoms with Crippen LogP contribution < -0.4 is 14.5 Å². The number of nitrogens with zero attached hydrogens (tertiary/aromatic N) is 4. The molecule has 0 spiro atoms. The molecule has 5 nitrogen and oxygen atoms in total. The van der Waals surface area contributed by atoms with Crippen molar-refractivity contribution in [1.82, 2.24) is 9.55 Å². The Labute approximate surface area is 358 Å². The van der Waals surface area contributed by atoms with E-state index in [0.29, 0.717) is 6.67 Å². The summed E-state index contributed by atoms with van der Waals surface area (Å²) < 4.78 is 9.16. The maximum atomic E-state index is 6.90. The molecule has 0 saturated carbocycles. The van der Waals surface area contributed by atoms with Gasteiger partial charge >= 0.3 is 0 Å². The zero-order valence-corrected chi connectivity index (χ0v) is 35.3. The van der Waals surface area contributed by atoms with Gasteiger partial charge in [0.25, 0.3) is 0 Å². The monoisotopic (exact) mass is 792 g/mol. The second kappa shape index (κ2) is 15.3. The SMILES string of the molecule is Cc1cccc(C)c1-c1ccnc(-n2c3ccccc3c3ccc(Oc4cc(-c5ccccc5)cc(N5C=CN(c6ccc(C(C)(C)C)cc6-c6ccccc6)C5)c4)cc32)c1. The third kappa shape index (κ3) is 7.23. The number of ether oxygens (including phenoxy) is 1. The van der Waals surface area contributed by atoms with Crippen molar-refractivity contribution in [3.8, 4) is 50.7 Å². The van der Waals surface area contributed by atoms with E-state index < -0.39 is 0 Å². The fourth-order valence-electron chi connectivity index (χ4n) is 8.81. The summed E-state index contributed by atoms with van der Waals surface area (Å²) in [6.07, 6.45) is 6.28. The van der Waals surface area contributed by atoms with Crippen LogP contribution in [0.15, 0.2) is 188 Å². The lowest BCUT2D eigenvalue weighted by Gasteiger charge is -2.27. The van der Waals surface area contributed by atoms with Crippen LogP contribution in [0.2, 0.25) is 0 Å². The molecule has 2 aromatic heterocycles. The summed E-state index contributed by atoms with van der Waals surface area (Å²) in [5.41, 5.74) is 15.2. The highest BCUT2D eigenvalue weighted by molar-refractivity contribution is 6.09. The highest BCUT2D eigenvalue weighted by Gasteiger charge is 2.23. The van der Waals surface area contributed by atoms with Gasteiger partial charge in [0, 0.05) is 52.8 Å². The summed E-state index contributed by atoms with van der Waals surface area (Å²) in [5, 5.41) is 2.32. The highest BCUT2D eigenvalue weighted by Crippen LogP contribution is 2.41. The second-order valence-electron chi connectivity index (χ2n) is 17.1. The van der Waals surface area contributed by atoms with Gasteiger partial charge in [0.05, 0.1) is 23.4 Å². The number of para-hydroxylation sites is 1. The maximum Gasteiger partial charge on any atom is 0.138 e. The maximum absolute atomic E-state index is 6.90. The van der Waals surface area contributed by atoms with Gasteiger partial charge in [0.1, 0.15) is 17.3 Å². The van der Waals surface area contributed by atoms with E-state index in [1.54, 1.807) is 0 Å². The number of hydrogen-bond acceptors (Lipinski definition) is 4. The quantitative estimate of drug-likeness (QED) is 0.153. The molecular weight excluding hydrogens is 745 g/mol. The van der Waals surface area contributed by atoms with Gasteiger partial charge in [-0.2, -0.15) is 0 Å². The first-order valence-electron chi connectivity index (χ1n) is 21.0. The number of aromatic nitrogens is 2. The summed E-state index contributed by atoms with van der Waals surface area (Å²) in [4.78, 5) is 9.58. The molecule has 0 atom stereocenters. The molecule has 0 N–H and O–H groups in total. The van der Waals surface area contributed by atoms with Crippen molar-refractivity contribution in [3.05, 3.63) is 205 Å². The van der Waals surface area contributed by atoms with Crippen LogP contribution in [0, 0.1) is 13.8 Å². The zero-order valence-electron chi connectivity index (χ0n) is 35.3. The second-order valence-corrected chi connectivity index (χ2v) is 17.1. The molecule has 5 heteroatoms. The van der Waals surface area contributed by atoms with Gasteiger partial charge < -0.3 is 14.5 Å². The molecule has 0 amide bonds.